The molecule has 1 saturated heterocycles. The van der Waals surface area contributed by atoms with E-state index >= 15 is 0 Å². The fourth-order valence-electron chi connectivity index (χ4n) is 3.36. The second kappa shape index (κ2) is 8.39. The minimum absolute atomic E-state index is 0.151. The number of benzene rings is 1. The zero-order chi connectivity index (χ0) is 20.4. The molecule has 3 atom stereocenters. The fraction of sp³-hybridized carbons (Fsp3) is 0.579. The molecule has 150 valence electrons. The Hall–Kier alpha value is -1.93. The first-order valence-electron chi connectivity index (χ1n) is 9.04. The molecule has 0 radical (unpaired) electrons. The van der Waals surface area contributed by atoms with Gasteiger partial charge in [-0.1, -0.05) is 13.8 Å². The zero-order valence-electron chi connectivity index (χ0n) is 16.5. The summed E-state index contributed by atoms with van der Waals surface area (Å²) in [6.07, 6.45) is 0.105. The summed E-state index contributed by atoms with van der Waals surface area (Å²) in [5, 5.41) is 0. The van der Waals surface area contributed by atoms with Crippen molar-refractivity contribution in [2.75, 3.05) is 27.2 Å². The molecule has 8 heteroatoms. The van der Waals surface area contributed by atoms with Crippen LogP contribution in [-0.2, 0) is 19.6 Å². The normalized spacial score (nSPS) is 22.1. The molecular weight excluding hydrogens is 368 g/mol. The number of sulfonamides is 1. The molecule has 7 nitrogen and oxygen atoms in total. The first-order valence-corrected chi connectivity index (χ1v) is 10.5. The molecule has 0 spiro atoms. The molecular formula is C19H28N2O5S. The standard InChI is InChI=1S/C19H28N2O5S/c1-13-10-14(2)12-21(11-13)27(24,25)17-8-6-16(7-9-17)19(23)26-15(3)18(22)20(4)5/h6-9,13-15H,10-12H2,1-5H3/t13-,14-,15+/m1/s1. The minimum atomic E-state index is -3.60. The molecule has 0 saturated carbocycles. The summed E-state index contributed by atoms with van der Waals surface area (Å²) in [5.74, 6) is -0.361. The van der Waals surface area contributed by atoms with Crippen molar-refractivity contribution < 1.29 is 22.7 Å². The van der Waals surface area contributed by atoms with E-state index in [1.165, 1.54) is 40.4 Å². The molecule has 0 aliphatic carbocycles. The van der Waals surface area contributed by atoms with Gasteiger partial charge in [-0.05, 0) is 49.4 Å². The van der Waals surface area contributed by atoms with E-state index in [0.717, 1.165) is 6.42 Å². The van der Waals surface area contributed by atoms with Crippen LogP contribution in [0.1, 0.15) is 37.6 Å². The Morgan fingerprint density at radius 1 is 1.11 bits per heavy atom. The highest BCUT2D eigenvalue weighted by Gasteiger charge is 2.31. The van der Waals surface area contributed by atoms with E-state index in [0.29, 0.717) is 24.9 Å². The lowest BCUT2D eigenvalue weighted by Gasteiger charge is -2.34. The number of rotatable bonds is 5. The van der Waals surface area contributed by atoms with E-state index in [9.17, 15) is 18.0 Å². The number of carbonyl (C=O) groups is 2. The van der Waals surface area contributed by atoms with Crippen LogP contribution in [0.25, 0.3) is 0 Å². The highest BCUT2D eigenvalue weighted by molar-refractivity contribution is 7.89. The maximum atomic E-state index is 12.9. The third-order valence-electron chi connectivity index (χ3n) is 4.64. The predicted octanol–water partition coefficient (Wildman–Crippen LogP) is 1.99. The zero-order valence-corrected chi connectivity index (χ0v) is 17.3. The number of piperidine rings is 1. The van der Waals surface area contributed by atoms with Gasteiger partial charge < -0.3 is 9.64 Å². The van der Waals surface area contributed by atoms with Gasteiger partial charge in [-0.3, -0.25) is 4.79 Å². The number of ether oxygens (including phenoxy) is 1. The number of hydrogen-bond acceptors (Lipinski definition) is 5. The van der Waals surface area contributed by atoms with Crippen molar-refractivity contribution in [2.45, 2.75) is 38.2 Å². The summed E-state index contributed by atoms with van der Waals surface area (Å²) in [5.41, 5.74) is 0.202. The molecule has 27 heavy (non-hydrogen) atoms. The molecule has 1 heterocycles. The van der Waals surface area contributed by atoms with Crippen LogP contribution in [0.2, 0.25) is 0 Å². The van der Waals surface area contributed by atoms with Gasteiger partial charge in [0.25, 0.3) is 5.91 Å². The lowest BCUT2D eigenvalue weighted by atomic mass is 9.94. The summed E-state index contributed by atoms with van der Waals surface area (Å²) in [4.78, 5) is 25.5. The van der Waals surface area contributed by atoms with Crippen LogP contribution in [-0.4, -0.2) is 62.8 Å². The third kappa shape index (κ3) is 5.07. The summed E-state index contributed by atoms with van der Waals surface area (Å²) in [6, 6.07) is 5.65. The highest BCUT2D eigenvalue weighted by Crippen LogP contribution is 2.26. The monoisotopic (exact) mass is 396 g/mol. The molecule has 1 fully saturated rings. The van der Waals surface area contributed by atoms with E-state index in [-0.39, 0.29) is 16.4 Å². The highest BCUT2D eigenvalue weighted by atomic mass is 32.2. The third-order valence-corrected chi connectivity index (χ3v) is 6.48. The summed E-state index contributed by atoms with van der Waals surface area (Å²) in [7, 11) is -0.442. The molecule has 1 amide bonds. The first-order chi connectivity index (χ1) is 12.5. The Balaban J connectivity index is 2.12. The average molecular weight is 397 g/mol. The van der Waals surface area contributed by atoms with Crippen LogP contribution in [0.15, 0.2) is 29.2 Å². The van der Waals surface area contributed by atoms with Gasteiger partial charge >= 0.3 is 5.97 Å². The van der Waals surface area contributed by atoms with Gasteiger partial charge in [0.15, 0.2) is 6.10 Å². The number of carbonyl (C=O) groups excluding carboxylic acids is 2. The van der Waals surface area contributed by atoms with Crippen LogP contribution in [0.4, 0.5) is 0 Å². The maximum absolute atomic E-state index is 12.9. The van der Waals surface area contributed by atoms with Crippen molar-refractivity contribution in [2.24, 2.45) is 11.8 Å². The average Bonchev–Trinajstić information content (AvgIpc) is 2.60. The van der Waals surface area contributed by atoms with Crippen LogP contribution in [0.3, 0.4) is 0 Å². The molecule has 1 aliphatic heterocycles. The second-order valence-electron chi connectivity index (χ2n) is 7.57. The SMILES string of the molecule is C[C@@H]1C[C@@H](C)CN(S(=O)(=O)c2ccc(C(=O)O[C@@H](C)C(=O)N(C)C)cc2)C1. The molecule has 0 N–H and O–H groups in total. The molecule has 0 aromatic heterocycles. The molecule has 2 rings (SSSR count). The number of nitrogens with zero attached hydrogens (tertiary/aromatic N) is 2. The van der Waals surface area contributed by atoms with Crippen LogP contribution < -0.4 is 0 Å². The largest absolute Gasteiger partial charge is 0.449 e. The summed E-state index contributed by atoms with van der Waals surface area (Å²) < 4.78 is 32.4. The van der Waals surface area contributed by atoms with Crippen molar-refractivity contribution in [1.82, 2.24) is 9.21 Å². The van der Waals surface area contributed by atoms with Gasteiger partial charge in [-0.15, -0.1) is 0 Å². The van der Waals surface area contributed by atoms with Crippen LogP contribution >= 0.6 is 0 Å². The summed E-state index contributed by atoms with van der Waals surface area (Å²) >= 11 is 0. The number of esters is 1. The molecule has 1 aliphatic rings. The topological polar surface area (TPSA) is 84.0 Å². The van der Waals surface area contributed by atoms with Gasteiger partial charge in [0.1, 0.15) is 0 Å². The van der Waals surface area contributed by atoms with Gasteiger partial charge in [-0.2, -0.15) is 4.31 Å². The van der Waals surface area contributed by atoms with Crippen molar-refractivity contribution in [3.05, 3.63) is 29.8 Å². The Bertz CT molecular complexity index is 779. The van der Waals surface area contributed by atoms with Crippen LogP contribution in [0.5, 0.6) is 0 Å². The molecule has 1 aromatic rings. The molecule has 0 bridgehead atoms. The van der Waals surface area contributed by atoms with Crippen molar-refractivity contribution >= 4 is 21.9 Å². The van der Waals surface area contributed by atoms with Crippen molar-refractivity contribution in [1.29, 1.82) is 0 Å². The number of amides is 1. The minimum Gasteiger partial charge on any atom is -0.449 e. The quantitative estimate of drug-likeness (QED) is 0.711. The lowest BCUT2D eigenvalue weighted by Crippen LogP contribution is -2.42. The van der Waals surface area contributed by atoms with E-state index in [2.05, 4.69) is 0 Å². The molecule has 1 aromatic carbocycles. The Labute approximate surface area is 161 Å². The summed E-state index contributed by atoms with van der Waals surface area (Å²) in [6.45, 7) is 6.60. The van der Waals surface area contributed by atoms with Gasteiger partial charge in [-0.25, -0.2) is 13.2 Å². The van der Waals surface area contributed by atoms with E-state index in [1.54, 1.807) is 14.1 Å². The Kier molecular flexibility index (Phi) is 6.64. The first kappa shape index (κ1) is 21.4. The smallest absolute Gasteiger partial charge is 0.338 e. The Morgan fingerprint density at radius 2 is 1.63 bits per heavy atom. The lowest BCUT2D eigenvalue weighted by molar-refractivity contribution is -0.137. The number of hydrogen-bond donors (Lipinski definition) is 0. The van der Waals surface area contributed by atoms with Gasteiger partial charge in [0.05, 0.1) is 10.5 Å². The van der Waals surface area contributed by atoms with E-state index in [1.807, 2.05) is 13.8 Å². The fourth-order valence-corrected chi connectivity index (χ4v) is 5.04. The van der Waals surface area contributed by atoms with Gasteiger partial charge in [0, 0.05) is 27.2 Å². The van der Waals surface area contributed by atoms with E-state index in [4.69, 9.17) is 4.74 Å². The molecule has 0 unspecified atom stereocenters. The number of likely N-dealkylation sites (N-methyl/N-ethyl adjacent to an activating group) is 1. The Morgan fingerprint density at radius 3 is 2.11 bits per heavy atom. The second-order valence-corrected chi connectivity index (χ2v) is 9.51. The van der Waals surface area contributed by atoms with Crippen LogP contribution in [0, 0.1) is 11.8 Å². The van der Waals surface area contributed by atoms with Crippen molar-refractivity contribution in [3.8, 4) is 0 Å². The van der Waals surface area contributed by atoms with E-state index < -0.39 is 22.1 Å². The van der Waals surface area contributed by atoms with Crippen molar-refractivity contribution in [3.63, 3.8) is 0 Å². The maximum Gasteiger partial charge on any atom is 0.338 e. The van der Waals surface area contributed by atoms with Gasteiger partial charge in [0.2, 0.25) is 10.0 Å². The predicted molar refractivity (Wildman–Crippen MR) is 102 cm³/mol.